The zero-order valence-electron chi connectivity index (χ0n) is 8.58. The first-order valence-corrected chi connectivity index (χ1v) is 4.86. The highest BCUT2D eigenvalue weighted by Gasteiger charge is 2.46. The van der Waals surface area contributed by atoms with Crippen LogP contribution in [0.4, 0.5) is 0 Å². The summed E-state index contributed by atoms with van der Waals surface area (Å²) in [5.41, 5.74) is 0. The molecule has 2 amide bonds. The van der Waals surface area contributed by atoms with Crippen LogP contribution in [0.5, 0.6) is 0 Å². The molecule has 84 valence electrons. The summed E-state index contributed by atoms with van der Waals surface area (Å²) in [5, 5.41) is 19.9. The highest BCUT2D eigenvalue weighted by atomic mass is 16.3. The second-order valence-corrected chi connectivity index (χ2v) is 3.61. The van der Waals surface area contributed by atoms with Crippen molar-refractivity contribution in [2.24, 2.45) is 11.8 Å². The maximum Gasteiger partial charge on any atom is 0.244 e. The van der Waals surface area contributed by atoms with E-state index in [1.165, 1.54) is 6.26 Å². The van der Waals surface area contributed by atoms with Crippen LogP contribution in [0.3, 0.4) is 0 Å². The molecule has 17 heavy (non-hydrogen) atoms. The Morgan fingerprint density at radius 1 is 1.18 bits per heavy atom. The van der Waals surface area contributed by atoms with E-state index in [4.69, 9.17) is 14.9 Å². The smallest absolute Gasteiger partial charge is 0.244 e. The van der Waals surface area contributed by atoms with Gasteiger partial charge in [0.25, 0.3) is 0 Å². The van der Waals surface area contributed by atoms with Crippen LogP contribution in [-0.2, 0) is 9.59 Å². The number of rotatable bonds is 1. The Morgan fingerprint density at radius 3 is 2.18 bits per heavy atom. The van der Waals surface area contributed by atoms with E-state index in [2.05, 4.69) is 0 Å². The highest BCUT2D eigenvalue weighted by Crippen LogP contribution is 2.35. The Kier molecular flexibility index (Phi) is 2.63. The molecular formula is C11H7N3O3. The van der Waals surface area contributed by atoms with Gasteiger partial charge in [0.2, 0.25) is 11.8 Å². The van der Waals surface area contributed by atoms with Gasteiger partial charge >= 0.3 is 0 Å². The summed E-state index contributed by atoms with van der Waals surface area (Å²) in [6, 6.07) is 6.73. The number of amides is 2. The van der Waals surface area contributed by atoms with E-state index in [1.807, 2.05) is 5.32 Å². The van der Waals surface area contributed by atoms with Crippen LogP contribution in [0.2, 0.25) is 0 Å². The SMILES string of the molecule is N#CC1C(=O)NC(=O)C(C#N)C1c1ccco1. The summed E-state index contributed by atoms with van der Waals surface area (Å²) in [6.45, 7) is 0. The van der Waals surface area contributed by atoms with Crippen LogP contribution in [0.15, 0.2) is 22.8 Å². The van der Waals surface area contributed by atoms with Crippen molar-refractivity contribution in [3.05, 3.63) is 24.2 Å². The van der Waals surface area contributed by atoms with E-state index in [0.29, 0.717) is 5.76 Å². The standard InChI is InChI=1S/C11H7N3O3/c12-4-6-9(8-2-1-3-17-8)7(5-13)11(16)14-10(6)15/h1-3,6-7,9H,(H,14,15,16). The van der Waals surface area contributed by atoms with Gasteiger partial charge < -0.3 is 4.42 Å². The van der Waals surface area contributed by atoms with Gasteiger partial charge in [-0.1, -0.05) is 0 Å². The number of imide groups is 1. The fraction of sp³-hybridized carbons (Fsp3) is 0.273. The summed E-state index contributed by atoms with van der Waals surface area (Å²) < 4.78 is 5.10. The number of furan rings is 1. The van der Waals surface area contributed by atoms with Crippen LogP contribution in [0.25, 0.3) is 0 Å². The molecule has 1 aromatic heterocycles. The summed E-state index contributed by atoms with van der Waals surface area (Å²) >= 11 is 0. The lowest BCUT2D eigenvalue weighted by Crippen LogP contribution is -2.49. The van der Waals surface area contributed by atoms with Gasteiger partial charge in [0.15, 0.2) is 0 Å². The third-order valence-corrected chi connectivity index (χ3v) is 2.68. The Hall–Kier alpha value is -2.60. The predicted octanol–water partition coefficient (Wildman–Crippen LogP) is 0.299. The van der Waals surface area contributed by atoms with Crippen molar-refractivity contribution >= 4 is 11.8 Å². The van der Waals surface area contributed by atoms with Gasteiger partial charge in [-0.05, 0) is 12.1 Å². The fourth-order valence-corrected chi connectivity index (χ4v) is 1.88. The maximum atomic E-state index is 11.5. The van der Waals surface area contributed by atoms with Crippen molar-refractivity contribution in [1.82, 2.24) is 5.32 Å². The average Bonchev–Trinajstić information content (AvgIpc) is 2.81. The fourth-order valence-electron chi connectivity index (χ4n) is 1.88. The molecule has 0 radical (unpaired) electrons. The van der Waals surface area contributed by atoms with E-state index in [0.717, 1.165) is 0 Å². The summed E-state index contributed by atoms with van der Waals surface area (Å²) in [6.07, 6.45) is 1.37. The number of hydrogen-bond acceptors (Lipinski definition) is 5. The largest absolute Gasteiger partial charge is 0.469 e. The minimum atomic E-state index is -1.09. The Bertz CT molecular complexity index is 503. The normalized spacial score (nSPS) is 28.0. The minimum absolute atomic E-state index is 0.298. The Morgan fingerprint density at radius 2 is 1.76 bits per heavy atom. The van der Waals surface area contributed by atoms with Crippen molar-refractivity contribution in [2.45, 2.75) is 5.92 Å². The lowest BCUT2D eigenvalue weighted by molar-refractivity contribution is -0.138. The molecule has 0 bridgehead atoms. The van der Waals surface area contributed by atoms with Crippen molar-refractivity contribution in [3.63, 3.8) is 0 Å². The molecule has 2 heterocycles. The second-order valence-electron chi connectivity index (χ2n) is 3.61. The number of hydrogen-bond donors (Lipinski definition) is 1. The molecule has 1 N–H and O–H groups in total. The van der Waals surface area contributed by atoms with Crippen molar-refractivity contribution in [3.8, 4) is 12.1 Å². The van der Waals surface area contributed by atoms with E-state index >= 15 is 0 Å². The molecule has 0 saturated carbocycles. The molecule has 1 aromatic rings. The molecule has 2 unspecified atom stereocenters. The number of nitrogens with zero attached hydrogens (tertiary/aromatic N) is 2. The average molecular weight is 229 g/mol. The van der Waals surface area contributed by atoms with Gasteiger partial charge in [-0.25, -0.2) is 0 Å². The van der Waals surface area contributed by atoms with E-state index in [1.54, 1.807) is 24.3 Å². The highest BCUT2D eigenvalue weighted by molar-refractivity contribution is 6.03. The number of piperidine rings is 1. The van der Waals surface area contributed by atoms with Gasteiger partial charge in [0, 0.05) is 0 Å². The van der Waals surface area contributed by atoms with Crippen LogP contribution in [0.1, 0.15) is 11.7 Å². The van der Waals surface area contributed by atoms with Gasteiger partial charge in [0.05, 0.1) is 24.3 Å². The van der Waals surface area contributed by atoms with E-state index in [-0.39, 0.29) is 0 Å². The number of carbonyl (C=O) groups excluding carboxylic acids is 2. The first kappa shape index (κ1) is 10.9. The maximum absolute atomic E-state index is 11.5. The predicted molar refractivity (Wildman–Crippen MR) is 52.8 cm³/mol. The summed E-state index contributed by atoms with van der Waals surface area (Å²) in [7, 11) is 0. The molecular weight excluding hydrogens is 222 g/mol. The minimum Gasteiger partial charge on any atom is -0.469 e. The molecule has 2 atom stereocenters. The molecule has 1 saturated heterocycles. The van der Waals surface area contributed by atoms with Gasteiger partial charge in [-0.2, -0.15) is 10.5 Å². The van der Waals surface area contributed by atoms with Crippen LogP contribution in [-0.4, -0.2) is 11.8 Å². The van der Waals surface area contributed by atoms with E-state index < -0.39 is 29.6 Å². The molecule has 0 aromatic carbocycles. The number of nitriles is 2. The van der Waals surface area contributed by atoms with Gasteiger partial charge in [-0.15, -0.1) is 0 Å². The first-order chi connectivity index (χ1) is 8.19. The lowest BCUT2D eigenvalue weighted by Gasteiger charge is -2.27. The monoisotopic (exact) mass is 229 g/mol. The lowest BCUT2D eigenvalue weighted by atomic mass is 9.77. The Labute approximate surface area is 96.4 Å². The van der Waals surface area contributed by atoms with Crippen LogP contribution >= 0.6 is 0 Å². The van der Waals surface area contributed by atoms with Crippen LogP contribution in [0, 0.1) is 34.5 Å². The Balaban J connectivity index is 2.48. The second kappa shape index (κ2) is 4.11. The molecule has 1 aliphatic heterocycles. The molecule has 6 heteroatoms. The zero-order valence-corrected chi connectivity index (χ0v) is 8.58. The third kappa shape index (κ3) is 1.66. The number of nitrogens with one attached hydrogen (secondary N) is 1. The third-order valence-electron chi connectivity index (χ3n) is 2.68. The summed E-state index contributed by atoms with van der Waals surface area (Å²) in [5.74, 6) is -4.12. The molecule has 0 aliphatic carbocycles. The molecule has 0 spiro atoms. The first-order valence-electron chi connectivity index (χ1n) is 4.86. The molecule has 1 aliphatic rings. The molecule has 6 nitrogen and oxygen atoms in total. The summed E-state index contributed by atoms with van der Waals surface area (Å²) in [4.78, 5) is 23.0. The van der Waals surface area contributed by atoms with Gasteiger partial charge in [-0.3, -0.25) is 14.9 Å². The topological polar surface area (TPSA) is 107 Å². The number of carbonyl (C=O) groups is 2. The van der Waals surface area contributed by atoms with Gasteiger partial charge in [0.1, 0.15) is 17.6 Å². The quantitative estimate of drug-likeness (QED) is 0.697. The van der Waals surface area contributed by atoms with Crippen LogP contribution < -0.4 is 5.32 Å². The molecule has 1 fully saturated rings. The van der Waals surface area contributed by atoms with Crippen molar-refractivity contribution < 1.29 is 14.0 Å². The van der Waals surface area contributed by atoms with Crippen molar-refractivity contribution in [2.75, 3.05) is 0 Å². The molecule has 2 rings (SSSR count). The zero-order chi connectivity index (χ0) is 12.4. The van der Waals surface area contributed by atoms with E-state index in [9.17, 15) is 9.59 Å². The van der Waals surface area contributed by atoms with Crippen molar-refractivity contribution in [1.29, 1.82) is 10.5 Å².